The van der Waals surface area contributed by atoms with Gasteiger partial charge in [-0.2, -0.15) is 9.57 Å². The number of nitrogens with zero attached hydrogens (tertiary/aromatic N) is 3. The summed E-state index contributed by atoms with van der Waals surface area (Å²) in [6, 6.07) is 17.2. The lowest BCUT2D eigenvalue weighted by atomic mass is 9.90. The largest absolute Gasteiger partial charge is 0.307 e. The van der Waals surface area contributed by atoms with Crippen molar-refractivity contribution >= 4 is 15.8 Å². The molecule has 2 atom stereocenters. The van der Waals surface area contributed by atoms with Gasteiger partial charge < -0.3 is 10.2 Å². The van der Waals surface area contributed by atoms with Gasteiger partial charge in [0.1, 0.15) is 0 Å². The van der Waals surface area contributed by atoms with Crippen LogP contribution in [-0.4, -0.2) is 68.7 Å². The molecule has 1 N–H and O–H groups in total. The van der Waals surface area contributed by atoms with Crippen LogP contribution in [-0.2, 0) is 21.2 Å². The molecule has 0 bridgehead atoms. The van der Waals surface area contributed by atoms with Crippen molar-refractivity contribution < 1.29 is 13.2 Å². The van der Waals surface area contributed by atoms with Crippen LogP contribution in [0.15, 0.2) is 53.4 Å². The molecule has 8 heteroatoms. The number of piperidine rings is 1. The van der Waals surface area contributed by atoms with E-state index < -0.39 is 10.0 Å². The Morgan fingerprint density at radius 2 is 1.67 bits per heavy atom. The summed E-state index contributed by atoms with van der Waals surface area (Å²) < 4.78 is 27.6. The number of ketones is 1. The van der Waals surface area contributed by atoms with E-state index in [1.165, 1.54) is 0 Å². The fraction of sp³-hybridized carbons (Fsp3) is 0.500. The predicted molar refractivity (Wildman–Crippen MR) is 141 cm³/mol. The van der Waals surface area contributed by atoms with Crippen molar-refractivity contribution in [3.05, 3.63) is 54.1 Å². The summed E-state index contributed by atoms with van der Waals surface area (Å²) in [5.74, 6) is -0.198. The molecule has 2 aromatic carbocycles. The average Bonchev–Trinajstić information content (AvgIpc) is 2.93. The summed E-state index contributed by atoms with van der Waals surface area (Å²) in [5.41, 5.74) is 2.93. The van der Waals surface area contributed by atoms with Gasteiger partial charge in [0.05, 0.1) is 22.9 Å². The maximum Gasteiger partial charge on any atom is 0.243 e. The van der Waals surface area contributed by atoms with E-state index in [2.05, 4.69) is 23.2 Å². The molecule has 2 heterocycles. The third-order valence-electron chi connectivity index (χ3n) is 7.37. The maximum absolute atomic E-state index is 13.0. The minimum atomic E-state index is -3.49. The number of likely N-dealkylation sites (N-methyl/N-ethyl adjacent to an activating group) is 1. The molecule has 192 valence electrons. The molecule has 2 aromatic rings. The minimum Gasteiger partial charge on any atom is -0.307 e. The number of nitrogens with one attached hydrogen (secondary N) is 1. The van der Waals surface area contributed by atoms with Gasteiger partial charge in [0.15, 0.2) is 5.78 Å². The van der Waals surface area contributed by atoms with Gasteiger partial charge in [-0.1, -0.05) is 49.7 Å². The molecule has 1 unspecified atom stereocenters. The normalized spacial score (nSPS) is 20.5. The summed E-state index contributed by atoms with van der Waals surface area (Å²) in [5, 5.41) is 12.9. The van der Waals surface area contributed by atoms with Gasteiger partial charge >= 0.3 is 0 Å². The van der Waals surface area contributed by atoms with E-state index in [-0.39, 0.29) is 24.2 Å². The smallest absolute Gasteiger partial charge is 0.243 e. The number of hydrogen-bond acceptors (Lipinski definition) is 6. The number of nitriles is 1. The number of sulfonamides is 1. The van der Waals surface area contributed by atoms with Crippen molar-refractivity contribution in [2.75, 3.05) is 39.3 Å². The third-order valence-corrected chi connectivity index (χ3v) is 9.28. The van der Waals surface area contributed by atoms with Gasteiger partial charge in [0.2, 0.25) is 10.0 Å². The van der Waals surface area contributed by atoms with Gasteiger partial charge in [-0.3, -0.25) is 4.79 Å². The second-order valence-corrected chi connectivity index (χ2v) is 11.7. The SMILES string of the molecule is CCN1CCN(S(=O)(=O)c2ccc(-c3ccc(CC(C#N)CC(=O)[C@@H]4CCCCN4)cc3)cc2)CC1. The number of Topliss-reactive ketones (excluding diaryl/α,β-unsaturated/α-hetero) is 1. The highest BCUT2D eigenvalue weighted by Crippen LogP contribution is 2.25. The van der Waals surface area contributed by atoms with Crippen molar-refractivity contribution in [1.82, 2.24) is 14.5 Å². The fourth-order valence-corrected chi connectivity index (χ4v) is 6.47. The molecule has 36 heavy (non-hydrogen) atoms. The topological polar surface area (TPSA) is 93.5 Å². The van der Waals surface area contributed by atoms with E-state index >= 15 is 0 Å². The zero-order valence-electron chi connectivity index (χ0n) is 21.0. The van der Waals surface area contributed by atoms with E-state index in [4.69, 9.17) is 0 Å². The Balaban J connectivity index is 1.36. The van der Waals surface area contributed by atoms with Crippen molar-refractivity contribution in [2.45, 2.75) is 50.0 Å². The van der Waals surface area contributed by atoms with Gasteiger partial charge in [-0.15, -0.1) is 0 Å². The molecule has 0 amide bonds. The van der Waals surface area contributed by atoms with Crippen LogP contribution in [0.3, 0.4) is 0 Å². The summed E-state index contributed by atoms with van der Waals surface area (Å²) in [4.78, 5) is 15.1. The third kappa shape index (κ3) is 6.40. The Morgan fingerprint density at radius 3 is 2.22 bits per heavy atom. The molecule has 0 aliphatic carbocycles. The van der Waals surface area contributed by atoms with Gasteiger partial charge in [0.25, 0.3) is 0 Å². The van der Waals surface area contributed by atoms with Crippen molar-refractivity contribution in [3.63, 3.8) is 0 Å². The van der Waals surface area contributed by atoms with Crippen LogP contribution >= 0.6 is 0 Å². The highest BCUT2D eigenvalue weighted by atomic mass is 32.2. The zero-order valence-corrected chi connectivity index (χ0v) is 21.8. The summed E-state index contributed by atoms with van der Waals surface area (Å²) in [6.45, 7) is 6.47. The molecular formula is C28H36N4O3S. The van der Waals surface area contributed by atoms with Gasteiger partial charge in [-0.05, 0) is 61.2 Å². The molecule has 2 aliphatic rings. The van der Waals surface area contributed by atoms with Crippen LogP contribution in [0.4, 0.5) is 0 Å². The molecule has 2 saturated heterocycles. The second kappa shape index (κ2) is 12.1. The number of piperazine rings is 1. The highest BCUT2D eigenvalue weighted by Gasteiger charge is 2.28. The van der Waals surface area contributed by atoms with Crippen molar-refractivity contribution in [2.24, 2.45) is 5.92 Å². The molecule has 2 fully saturated rings. The summed E-state index contributed by atoms with van der Waals surface area (Å²) in [7, 11) is -3.49. The number of hydrogen-bond donors (Lipinski definition) is 1. The summed E-state index contributed by atoms with van der Waals surface area (Å²) >= 11 is 0. The molecule has 0 saturated carbocycles. The van der Waals surface area contributed by atoms with Gasteiger partial charge in [-0.25, -0.2) is 8.42 Å². The highest BCUT2D eigenvalue weighted by molar-refractivity contribution is 7.89. The summed E-state index contributed by atoms with van der Waals surface area (Å²) in [6.07, 6.45) is 3.84. The lowest BCUT2D eigenvalue weighted by molar-refractivity contribution is -0.122. The van der Waals surface area contributed by atoms with E-state index in [9.17, 15) is 18.5 Å². The molecular weight excluding hydrogens is 472 g/mol. The van der Waals surface area contributed by atoms with E-state index in [0.717, 1.165) is 62.1 Å². The van der Waals surface area contributed by atoms with Crippen molar-refractivity contribution in [3.8, 4) is 17.2 Å². The van der Waals surface area contributed by atoms with Crippen LogP contribution in [0.2, 0.25) is 0 Å². The quantitative estimate of drug-likeness (QED) is 0.558. The van der Waals surface area contributed by atoms with E-state index in [1.54, 1.807) is 16.4 Å². The van der Waals surface area contributed by atoms with E-state index in [1.807, 2.05) is 36.4 Å². The Bertz CT molecular complexity index is 1160. The zero-order chi connectivity index (χ0) is 25.5. The Hall–Kier alpha value is -2.57. The lowest BCUT2D eigenvalue weighted by Gasteiger charge is -2.33. The maximum atomic E-state index is 13.0. The first-order valence-corrected chi connectivity index (χ1v) is 14.4. The van der Waals surface area contributed by atoms with Gasteiger partial charge in [0, 0.05) is 32.6 Å². The predicted octanol–water partition coefficient (Wildman–Crippen LogP) is 3.46. The number of benzene rings is 2. The standard InChI is InChI=1S/C28H36N4O3S/c1-2-31-15-17-32(18-16-31)36(34,35)26-12-10-25(11-13-26)24-8-6-22(7-9-24)19-23(21-29)20-28(33)27-5-3-4-14-30-27/h6-13,23,27,30H,2-5,14-20H2,1H3/t23?,27-/m0/s1. The second-order valence-electron chi connectivity index (χ2n) is 9.76. The Morgan fingerprint density at radius 1 is 1.03 bits per heavy atom. The fourth-order valence-electron chi connectivity index (χ4n) is 5.05. The average molecular weight is 509 g/mol. The number of carbonyl (C=O) groups excluding carboxylic acids is 1. The van der Waals surface area contributed by atoms with E-state index in [0.29, 0.717) is 24.4 Å². The molecule has 0 aromatic heterocycles. The van der Waals surface area contributed by atoms with Crippen LogP contribution in [0.25, 0.3) is 11.1 Å². The van der Waals surface area contributed by atoms with Crippen LogP contribution < -0.4 is 5.32 Å². The van der Waals surface area contributed by atoms with Crippen LogP contribution in [0, 0.1) is 17.2 Å². The first-order valence-electron chi connectivity index (χ1n) is 13.0. The molecule has 0 spiro atoms. The monoisotopic (exact) mass is 508 g/mol. The first kappa shape index (κ1) is 26.5. The minimum absolute atomic E-state index is 0.107. The molecule has 7 nitrogen and oxygen atoms in total. The molecule has 0 radical (unpaired) electrons. The van der Waals surface area contributed by atoms with Crippen LogP contribution in [0.1, 0.15) is 38.2 Å². The lowest BCUT2D eigenvalue weighted by Crippen LogP contribution is -2.48. The molecule has 2 aliphatic heterocycles. The number of carbonyl (C=O) groups is 1. The Kier molecular flexibility index (Phi) is 8.91. The number of rotatable bonds is 9. The van der Waals surface area contributed by atoms with Crippen LogP contribution in [0.5, 0.6) is 0 Å². The van der Waals surface area contributed by atoms with Crippen molar-refractivity contribution in [1.29, 1.82) is 5.26 Å². The first-order chi connectivity index (χ1) is 17.4. The molecule has 4 rings (SSSR count). The Labute approximate surface area is 215 Å².